The smallest absolute Gasteiger partial charge is 0.161 e. The molecule has 1 unspecified atom stereocenters. The van der Waals surface area contributed by atoms with Crippen molar-refractivity contribution in [2.24, 2.45) is 0 Å². The minimum absolute atomic E-state index is 0.0531. The molecule has 2 atom stereocenters. The van der Waals surface area contributed by atoms with E-state index in [1.807, 2.05) is 36.4 Å². The fraction of sp³-hybridized carbons (Fsp3) is 0.280. The molecule has 0 radical (unpaired) electrons. The summed E-state index contributed by atoms with van der Waals surface area (Å²) in [4.78, 5) is 0. The molecule has 0 saturated carbocycles. The van der Waals surface area contributed by atoms with Gasteiger partial charge in [0.25, 0.3) is 0 Å². The number of benzene rings is 3. The lowest BCUT2D eigenvalue weighted by Crippen LogP contribution is -2.34. The van der Waals surface area contributed by atoms with Crippen LogP contribution < -0.4 is 19.5 Å². The Morgan fingerprint density at radius 3 is 2.29 bits per heavy atom. The van der Waals surface area contributed by atoms with Crippen molar-refractivity contribution >= 4 is 0 Å². The molecule has 0 saturated heterocycles. The normalized spacial score (nSPS) is 12.8. The summed E-state index contributed by atoms with van der Waals surface area (Å²) in [5, 5.41) is 13.8. The molecule has 0 heterocycles. The lowest BCUT2D eigenvalue weighted by atomic mass is 9.98. The van der Waals surface area contributed by atoms with Crippen LogP contribution in [-0.4, -0.2) is 38.6 Å². The van der Waals surface area contributed by atoms with Crippen LogP contribution in [0.1, 0.15) is 17.2 Å². The van der Waals surface area contributed by atoms with Crippen molar-refractivity contribution in [3.63, 3.8) is 0 Å². The Bertz CT molecular complexity index is 934. The van der Waals surface area contributed by atoms with Crippen molar-refractivity contribution in [3.05, 3.63) is 89.7 Å². The molecule has 0 fully saturated rings. The first kappa shape index (κ1) is 22.6. The second-order valence-electron chi connectivity index (χ2n) is 7.18. The predicted octanol–water partition coefficient (Wildman–Crippen LogP) is 4.16. The quantitative estimate of drug-likeness (QED) is 0.483. The van der Waals surface area contributed by atoms with E-state index in [4.69, 9.17) is 14.2 Å². The molecule has 0 amide bonds. The minimum atomic E-state index is -0.733. The van der Waals surface area contributed by atoms with Gasteiger partial charge in [-0.05, 0) is 53.9 Å². The van der Waals surface area contributed by atoms with Crippen molar-refractivity contribution in [1.82, 2.24) is 5.32 Å². The summed E-state index contributed by atoms with van der Waals surface area (Å²) in [7, 11) is 3.21. The maximum Gasteiger partial charge on any atom is 0.161 e. The van der Waals surface area contributed by atoms with E-state index in [0.717, 1.165) is 12.0 Å². The van der Waals surface area contributed by atoms with E-state index in [0.29, 0.717) is 23.8 Å². The first-order valence-corrected chi connectivity index (χ1v) is 10.1. The van der Waals surface area contributed by atoms with Crippen LogP contribution in [-0.2, 0) is 6.42 Å². The maximum atomic E-state index is 13.0. The van der Waals surface area contributed by atoms with Crippen molar-refractivity contribution in [2.75, 3.05) is 27.4 Å². The van der Waals surface area contributed by atoms with Crippen LogP contribution in [0.2, 0.25) is 0 Å². The first-order chi connectivity index (χ1) is 15.1. The number of halogens is 1. The lowest BCUT2D eigenvalue weighted by molar-refractivity contribution is 0.103. The largest absolute Gasteiger partial charge is 0.493 e. The van der Waals surface area contributed by atoms with Crippen LogP contribution in [0.25, 0.3) is 0 Å². The van der Waals surface area contributed by atoms with E-state index >= 15 is 0 Å². The van der Waals surface area contributed by atoms with Gasteiger partial charge in [-0.15, -0.1) is 0 Å². The number of hydrogen-bond donors (Lipinski definition) is 2. The molecule has 2 N–H and O–H groups in total. The fourth-order valence-corrected chi connectivity index (χ4v) is 3.29. The summed E-state index contributed by atoms with van der Waals surface area (Å²) >= 11 is 0. The predicted molar refractivity (Wildman–Crippen MR) is 118 cm³/mol. The highest BCUT2D eigenvalue weighted by atomic mass is 19.1. The second-order valence-corrected chi connectivity index (χ2v) is 7.18. The molecule has 5 nitrogen and oxygen atoms in total. The number of rotatable bonds is 11. The molecule has 31 heavy (non-hydrogen) atoms. The molecule has 3 aromatic rings. The maximum absolute atomic E-state index is 13.0. The average molecular weight is 426 g/mol. The molecule has 0 aromatic heterocycles. The van der Waals surface area contributed by atoms with Gasteiger partial charge in [0.1, 0.15) is 24.3 Å². The summed E-state index contributed by atoms with van der Waals surface area (Å²) in [6.45, 7) is 0.426. The van der Waals surface area contributed by atoms with E-state index in [2.05, 4.69) is 17.4 Å². The summed E-state index contributed by atoms with van der Waals surface area (Å²) in [5.74, 6) is 1.51. The molecule has 164 valence electrons. The van der Waals surface area contributed by atoms with Crippen LogP contribution in [0.5, 0.6) is 17.2 Å². The highest BCUT2D eigenvalue weighted by Crippen LogP contribution is 2.31. The Morgan fingerprint density at radius 1 is 0.903 bits per heavy atom. The highest BCUT2D eigenvalue weighted by Gasteiger charge is 2.17. The van der Waals surface area contributed by atoms with E-state index in [1.54, 1.807) is 14.2 Å². The zero-order valence-corrected chi connectivity index (χ0v) is 17.8. The fourth-order valence-electron chi connectivity index (χ4n) is 3.29. The minimum Gasteiger partial charge on any atom is -0.493 e. The Labute approximate surface area is 182 Å². The van der Waals surface area contributed by atoms with Crippen molar-refractivity contribution in [1.29, 1.82) is 0 Å². The lowest BCUT2D eigenvalue weighted by Gasteiger charge is -2.23. The van der Waals surface area contributed by atoms with Gasteiger partial charge in [-0.3, -0.25) is 0 Å². The number of hydrogen-bond acceptors (Lipinski definition) is 5. The van der Waals surface area contributed by atoms with E-state index < -0.39 is 6.10 Å². The zero-order chi connectivity index (χ0) is 22.1. The number of aliphatic hydroxyl groups is 1. The van der Waals surface area contributed by atoms with Crippen LogP contribution in [0.4, 0.5) is 4.39 Å². The Hall–Kier alpha value is -3.09. The van der Waals surface area contributed by atoms with Crippen molar-refractivity contribution in [2.45, 2.75) is 18.6 Å². The molecule has 0 spiro atoms. The molecule has 0 aliphatic rings. The third-order valence-corrected chi connectivity index (χ3v) is 4.95. The van der Waals surface area contributed by atoms with Gasteiger partial charge in [-0.1, -0.05) is 36.4 Å². The first-order valence-electron chi connectivity index (χ1n) is 10.1. The molecule has 0 bridgehead atoms. The van der Waals surface area contributed by atoms with Crippen LogP contribution in [0.15, 0.2) is 72.8 Å². The summed E-state index contributed by atoms with van der Waals surface area (Å²) in [6.07, 6.45) is 0.00506. The van der Waals surface area contributed by atoms with Gasteiger partial charge in [-0.25, -0.2) is 4.39 Å². The van der Waals surface area contributed by atoms with Crippen LogP contribution in [0, 0.1) is 5.82 Å². The molecule has 6 heteroatoms. The second kappa shape index (κ2) is 11.3. The summed E-state index contributed by atoms with van der Waals surface area (Å²) < 4.78 is 29.4. The van der Waals surface area contributed by atoms with Crippen molar-refractivity contribution < 1.29 is 23.7 Å². The zero-order valence-electron chi connectivity index (χ0n) is 17.8. The number of ether oxygens (including phenoxy) is 3. The average Bonchev–Trinajstić information content (AvgIpc) is 2.81. The Kier molecular flexibility index (Phi) is 8.27. The Balaban J connectivity index is 1.67. The van der Waals surface area contributed by atoms with Crippen molar-refractivity contribution in [3.8, 4) is 17.2 Å². The SMILES string of the molecule is COc1ccc(C(Cc2ccccc2)NC[C@H](O)COc2ccc(F)cc2)cc1OC. The van der Waals surface area contributed by atoms with Gasteiger partial charge < -0.3 is 24.6 Å². The van der Waals surface area contributed by atoms with Gasteiger partial charge in [0.2, 0.25) is 0 Å². The number of aliphatic hydroxyl groups excluding tert-OH is 1. The standard InChI is InChI=1S/C25H28FNO4/c1-29-24-13-8-19(15-25(24)30-2)23(14-18-6-4-3-5-7-18)27-16-21(28)17-31-22-11-9-20(26)10-12-22/h3-13,15,21,23,27-28H,14,16-17H2,1-2H3/t21-,23?/m0/s1. The van der Waals surface area contributed by atoms with Gasteiger partial charge >= 0.3 is 0 Å². The molecule has 0 aliphatic heterocycles. The summed E-state index contributed by atoms with van der Waals surface area (Å²) in [5.41, 5.74) is 2.19. The van der Waals surface area contributed by atoms with Crippen LogP contribution in [0.3, 0.4) is 0 Å². The van der Waals surface area contributed by atoms with Gasteiger partial charge in [0.15, 0.2) is 11.5 Å². The number of methoxy groups -OCH3 is 2. The van der Waals surface area contributed by atoms with E-state index in [-0.39, 0.29) is 18.5 Å². The molecule has 0 aliphatic carbocycles. The van der Waals surface area contributed by atoms with Gasteiger partial charge in [-0.2, -0.15) is 0 Å². The van der Waals surface area contributed by atoms with Gasteiger partial charge in [0.05, 0.1) is 14.2 Å². The monoisotopic (exact) mass is 425 g/mol. The molecule has 3 aromatic carbocycles. The number of nitrogens with one attached hydrogen (secondary N) is 1. The third kappa shape index (κ3) is 6.70. The molecule has 3 rings (SSSR count). The topological polar surface area (TPSA) is 60.0 Å². The van der Waals surface area contributed by atoms with E-state index in [9.17, 15) is 9.50 Å². The molecular weight excluding hydrogens is 397 g/mol. The summed E-state index contributed by atoms with van der Waals surface area (Å²) in [6, 6.07) is 21.6. The van der Waals surface area contributed by atoms with Crippen LogP contribution >= 0.6 is 0 Å². The molecular formula is C25H28FNO4. The van der Waals surface area contributed by atoms with E-state index in [1.165, 1.54) is 29.8 Å². The highest BCUT2D eigenvalue weighted by molar-refractivity contribution is 5.44. The Morgan fingerprint density at radius 2 is 1.61 bits per heavy atom. The van der Waals surface area contributed by atoms with Gasteiger partial charge in [0, 0.05) is 12.6 Å². The third-order valence-electron chi connectivity index (χ3n) is 4.95.